The summed E-state index contributed by atoms with van der Waals surface area (Å²) in [5, 5.41) is 32.8. The van der Waals surface area contributed by atoms with Gasteiger partial charge in [0.05, 0.1) is 11.5 Å². The molecule has 0 radical (unpaired) electrons. The molecular formula is C20H21FN2O6. The Hall–Kier alpha value is -3.14. The third kappa shape index (κ3) is 7.41. The molecule has 0 amide bonds. The van der Waals surface area contributed by atoms with Gasteiger partial charge in [0, 0.05) is 23.8 Å². The highest BCUT2D eigenvalue weighted by atomic mass is 19.1. The first kappa shape index (κ1) is 22.2. The number of aliphatic hydroxyl groups is 1. The Bertz CT molecular complexity index is 854. The summed E-state index contributed by atoms with van der Waals surface area (Å²) in [6, 6.07) is 11.1. The standard InChI is InChI=1S/C20H21FN2O6/c21-18-6-1-16(2-7-18)5-10-20(25)29-14-12-23(28,11-13-24)15-17-3-8-19(9-4-17)22(26)27/h1-10,24H,11-15H2/b10-5+/t23-/m0/s1. The molecule has 9 heteroatoms. The lowest BCUT2D eigenvalue weighted by atomic mass is 10.2. The SMILES string of the molecule is O=C(/C=C/c1ccc(F)cc1)OCC[N@@+]([O-])(CCO)Cc1ccc([N+](=O)[O-])cc1. The van der Waals surface area contributed by atoms with E-state index in [1.807, 2.05) is 0 Å². The summed E-state index contributed by atoms with van der Waals surface area (Å²) in [4.78, 5) is 21.9. The summed E-state index contributed by atoms with van der Waals surface area (Å²) in [7, 11) is 0. The molecule has 0 aliphatic rings. The number of benzene rings is 2. The lowest BCUT2D eigenvalue weighted by molar-refractivity contribution is -0.894. The van der Waals surface area contributed by atoms with Crippen molar-refractivity contribution in [2.75, 3.05) is 26.3 Å². The fourth-order valence-electron chi connectivity index (χ4n) is 2.61. The minimum atomic E-state index is -0.844. The van der Waals surface area contributed by atoms with E-state index in [1.54, 1.807) is 0 Å². The van der Waals surface area contributed by atoms with Crippen molar-refractivity contribution in [2.24, 2.45) is 0 Å². The minimum absolute atomic E-state index is 0.0263. The maximum atomic E-state index is 12.9. The number of non-ortho nitro benzene ring substituents is 1. The van der Waals surface area contributed by atoms with Crippen LogP contribution in [0.4, 0.5) is 10.1 Å². The molecule has 0 aliphatic heterocycles. The van der Waals surface area contributed by atoms with E-state index < -0.39 is 15.5 Å². The fourth-order valence-corrected chi connectivity index (χ4v) is 2.61. The molecule has 1 N–H and O–H groups in total. The summed E-state index contributed by atoms with van der Waals surface area (Å²) >= 11 is 0. The van der Waals surface area contributed by atoms with Gasteiger partial charge in [-0.2, -0.15) is 0 Å². The van der Waals surface area contributed by atoms with Gasteiger partial charge in [0.2, 0.25) is 0 Å². The van der Waals surface area contributed by atoms with Gasteiger partial charge in [0.15, 0.2) is 0 Å². The van der Waals surface area contributed by atoms with Gasteiger partial charge >= 0.3 is 5.97 Å². The Morgan fingerprint density at radius 1 is 1.14 bits per heavy atom. The zero-order chi connectivity index (χ0) is 21.3. The van der Waals surface area contributed by atoms with Gasteiger partial charge in [-0.15, -0.1) is 0 Å². The molecule has 154 valence electrons. The molecule has 0 fully saturated rings. The normalized spacial score (nSPS) is 13.2. The number of hydrogen-bond acceptors (Lipinski definition) is 6. The Morgan fingerprint density at radius 2 is 1.79 bits per heavy atom. The number of hydroxylamine groups is 3. The number of carbonyl (C=O) groups is 1. The van der Waals surface area contributed by atoms with E-state index in [-0.39, 0.29) is 44.4 Å². The van der Waals surface area contributed by atoms with E-state index in [0.717, 1.165) is 0 Å². The van der Waals surface area contributed by atoms with E-state index in [1.165, 1.54) is 60.7 Å². The maximum absolute atomic E-state index is 12.9. The monoisotopic (exact) mass is 404 g/mol. The highest BCUT2D eigenvalue weighted by Gasteiger charge is 2.18. The summed E-state index contributed by atoms with van der Waals surface area (Å²) in [5.74, 6) is -1.04. The van der Waals surface area contributed by atoms with Gasteiger partial charge in [0.25, 0.3) is 5.69 Å². The number of nitro benzene ring substituents is 1. The number of ether oxygens (including phenoxy) is 1. The van der Waals surface area contributed by atoms with E-state index >= 15 is 0 Å². The van der Waals surface area contributed by atoms with Gasteiger partial charge in [-0.1, -0.05) is 12.1 Å². The lowest BCUT2D eigenvalue weighted by Crippen LogP contribution is -2.46. The molecular weight excluding hydrogens is 383 g/mol. The number of rotatable bonds is 10. The molecule has 0 unspecified atom stereocenters. The fraction of sp³-hybridized carbons (Fsp3) is 0.250. The third-order valence-electron chi connectivity index (χ3n) is 4.15. The van der Waals surface area contributed by atoms with Crippen LogP contribution in [0.3, 0.4) is 0 Å². The van der Waals surface area contributed by atoms with Crippen molar-refractivity contribution in [2.45, 2.75) is 6.54 Å². The van der Waals surface area contributed by atoms with Crippen molar-refractivity contribution in [1.82, 2.24) is 0 Å². The molecule has 0 aliphatic carbocycles. The molecule has 0 saturated carbocycles. The Morgan fingerprint density at radius 3 is 2.38 bits per heavy atom. The van der Waals surface area contributed by atoms with Gasteiger partial charge < -0.3 is 19.7 Å². The smallest absolute Gasteiger partial charge is 0.330 e. The van der Waals surface area contributed by atoms with Gasteiger partial charge in [-0.05, 0) is 35.9 Å². The minimum Gasteiger partial charge on any atom is -0.632 e. The maximum Gasteiger partial charge on any atom is 0.330 e. The van der Waals surface area contributed by atoms with Gasteiger partial charge in [-0.3, -0.25) is 10.1 Å². The third-order valence-corrected chi connectivity index (χ3v) is 4.15. The van der Waals surface area contributed by atoms with Gasteiger partial charge in [-0.25, -0.2) is 9.18 Å². The predicted molar refractivity (Wildman–Crippen MR) is 104 cm³/mol. The van der Waals surface area contributed by atoms with Crippen molar-refractivity contribution < 1.29 is 28.6 Å². The van der Waals surface area contributed by atoms with Crippen LogP contribution in [0.5, 0.6) is 0 Å². The van der Waals surface area contributed by atoms with E-state index in [9.17, 15) is 29.6 Å². The summed E-state index contributed by atoms with van der Waals surface area (Å²) in [6.45, 7) is -0.743. The predicted octanol–water partition coefficient (Wildman–Crippen LogP) is 2.80. The van der Waals surface area contributed by atoms with Crippen molar-refractivity contribution in [3.8, 4) is 0 Å². The average Bonchev–Trinajstić information content (AvgIpc) is 2.68. The summed E-state index contributed by atoms with van der Waals surface area (Å²) in [6.07, 6.45) is 2.64. The molecule has 2 rings (SSSR count). The molecule has 8 nitrogen and oxygen atoms in total. The first-order valence-corrected chi connectivity index (χ1v) is 8.83. The molecule has 2 aromatic rings. The van der Waals surface area contributed by atoms with Gasteiger partial charge in [0.1, 0.15) is 32.1 Å². The van der Waals surface area contributed by atoms with Crippen molar-refractivity contribution in [3.05, 3.63) is 86.9 Å². The number of esters is 1. The highest BCUT2D eigenvalue weighted by Crippen LogP contribution is 2.17. The number of quaternary nitrogens is 1. The van der Waals surface area contributed by atoms with Crippen LogP contribution < -0.4 is 0 Å². The van der Waals surface area contributed by atoms with E-state index in [0.29, 0.717) is 11.1 Å². The molecule has 0 saturated heterocycles. The summed E-state index contributed by atoms with van der Waals surface area (Å²) < 4.78 is 17.0. The number of nitrogens with zero attached hydrogens (tertiary/aromatic N) is 2. The van der Waals surface area contributed by atoms with Crippen LogP contribution in [0, 0.1) is 21.1 Å². The Labute approximate surface area is 166 Å². The van der Waals surface area contributed by atoms with Crippen LogP contribution in [0.15, 0.2) is 54.6 Å². The lowest BCUT2D eigenvalue weighted by Gasteiger charge is -2.42. The van der Waals surface area contributed by atoms with Crippen LogP contribution >= 0.6 is 0 Å². The average molecular weight is 404 g/mol. The van der Waals surface area contributed by atoms with Crippen molar-refractivity contribution in [1.29, 1.82) is 0 Å². The molecule has 0 aromatic heterocycles. The Balaban J connectivity index is 1.89. The zero-order valence-electron chi connectivity index (χ0n) is 15.6. The number of aliphatic hydroxyl groups excluding tert-OH is 1. The quantitative estimate of drug-likeness (QED) is 0.214. The number of carbonyl (C=O) groups excluding carboxylic acids is 1. The van der Waals surface area contributed by atoms with Crippen molar-refractivity contribution in [3.63, 3.8) is 0 Å². The first-order valence-electron chi connectivity index (χ1n) is 8.83. The summed E-state index contributed by atoms with van der Waals surface area (Å²) in [5.41, 5.74) is 1.11. The number of halogens is 1. The molecule has 1 atom stereocenters. The van der Waals surface area contributed by atoms with Crippen LogP contribution in [0.1, 0.15) is 11.1 Å². The zero-order valence-corrected chi connectivity index (χ0v) is 15.6. The number of nitro groups is 1. The molecule has 2 aromatic carbocycles. The van der Waals surface area contributed by atoms with Crippen LogP contribution in [-0.2, 0) is 16.1 Å². The van der Waals surface area contributed by atoms with E-state index in [4.69, 9.17) is 4.74 Å². The van der Waals surface area contributed by atoms with Crippen molar-refractivity contribution >= 4 is 17.7 Å². The Kier molecular flexibility index (Phi) is 7.96. The molecule has 29 heavy (non-hydrogen) atoms. The second-order valence-electron chi connectivity index (χ2n) is 6.36. The highest BCUT2D eigenvalue weighted by molar-refractivity contribution is 5.87. The van der Waals surface area contributed by atoms with Crippen LogP contribution in [-0.4, -0.2) is 46.9 Å². The largest absolute Gasteiger partial charge is 0.632 e. The second kappa shape index (κ2) is 10.4. The molecule has 0 heterocycles. The molecule has 0 bridgehead atoms. The topological polar surface area (TPSA) is 113 Å². The van der Waals surface area contributed by atoms with Crippen LogP contribution in [0.2, 0.25) is 0 Å². The second-order valence-corrected chi connectivity index (χ2v) is 6.36. The van der Waals surface area contributed by atoms with Crippen LogP contribution in [0.25, 0.3) is 6.08 Å². The first-order chi connectivity index (χ1) is 13.8. The van der Waals surface area contributed by atoms with E-state index in [2.05, 4.69) is 0 Å². The molecule has 0 spiro atoms. The number of hydrogen-bond donors (Lipinski definition) is 1.